The average molecular weight is 254 g/mol. The molecule has 0 bridgehead atoms. The molecule has 1 aliphatic heterocycles. The molecule has 0 amide bonds. The predicted molar refractivity (Wildman–Crippen MR) is 80.9 cm³/mol. The average Bonchev–Trinajstić information content (AvgIpc) is 2.22. The van der Waals surface area contributed by atoms with Crippen molar-refractivity contribution in [1.29, 1.82) is 0 Å². The van der Waals surface area contributed by atoms with Crippen LogP contribution in [-0.4, -0.2) is 37.1 Å². The molecule has 0 saturated carbocycles. The zero-order valence-electron chi connectivity index (χ0n) is 13.4. The molecule has 3 unspecified atom stereocenters. The molecule has 0 spiro atoms. The molecular formula is C16H34N2. The van der Waals surface area contributed by atoms with Crippen LogP contribution in [0.3, 0.4) is 0 Å². The number of hydrogen-bond acceptors (Lipinski definition) is 2. The van der Waals surface area contributed by atoms with Crippen molar-refractivity contribution >= 4 is 0 Å². The Balaban J connectivity index is 2.18. The van der Waals surface area contributed by atoms with Crippen LogP contribution in [0.25, 0.3) is 0 Å². The first-order valence-electron chi connectivity index (χ1n) is 7.74. The molecule has 3 atom stereocenters. The minimum Gasteiger partial charge on any atom is -0.315 e. The topological polar surface area (TPSA) is 15.3 Å². The molecule has 1 N–H and O–H groups in total. The molecule has 0 radical (unpaired) electrons. The van der Waals surface area contributed by atoms with Crippen LogP contribution in [0, 0.1) is 17.3 Å². The van der Waals surface area contributed by atoms with E-state index in [9.17, 15) is 0 Å². The molecule has 1 rings (SSSR count). The van der Waals surface area contributed by atoms with Crippen molar-refractivity contribution in [3.8, 4) is 0 Å². The Morgan fingerprint density at radius 1 is 1.11 bits per heavy atom. The summed E-state index contributed by atoms with van der Waals surface area (Å²) in [4.78, 5) is 2.67. The zero-order chi connectivity index (χ0) is 13.8. The highest BCUT2D eigenvalue weighted by Crippen LogP contribution is 2.26. The molecule has 108 valence electrons. The van der Waals surface area contributed by atoms with Gasteiger partial charge in [-0.1, -0.05) is 34.6 Å². The van der Waals surface area contributed by atoms with Crippen LogP contribution in [0.2, 0.25) is 0 Å². The van der Waals surface area contributed by atoms with Crippen molar-refractivity contribution in [3.63, 3.8) is 0 Å². The first-order chi connectivity index (χ1) is 8.29. The summed E-state index contributed by atoms with van der Waals surface area (Å²) in [6.45, 7) is 18.9. The molecular weight excluding hydrogens is 220 g/mol. The first-order valence-corrected chi connectivity index (χ1v) is 7.74. The maximum atomic E-state index is 3.60. The Labute approximate surface area is 115 Å². The van der Waals surface area contributed by atoms with E-state index < -0.39 is 0 Å². The summed E-state index contributed by atoms with van der Waals surface area (Å²) in [5.74, 6) is 1.72. The fourth-order valence-corrected chi connectivity index (χ4v) is 2.94. The van der Waals surface area contributed by atoms with Gasteiger partial charge in [0.15, 0.2) is 0 Å². The Hall–Kier alpha value is -0.0800. The molecule has 0 aliphatic carbocycles. The zero-order valence-corrected chi connectivity index (χ0v) is 13.4. The second-order valence-corrected chi connectivity index (χ2v) is 7.61. The van der Waals surface area contributed by atoms with Crippen molar-refractivity contribution in [2.45, 2.75) is 60.4 Å². The van der Waals surface area contributed by atoms with Crippen molar-refractivity contribution < 1.29 is 0 Å². The number of nitrogens with zero attached hydrogens (tertiary/aromatic N) is 1. The summed E-state index contributed by atoms with van der Waals surface area (Å²) in [6.07, 6.45) is 2.66. The van der Waals surface area contributed by atoms with Gasteiger partial charge in [0, 0.05) is 25.7 Å². The molecule has 0 aromatic heterocycles. The Bertz CT molecular complexity index is 232. The molecule has 1 aliphatic rings. The first kappa shape index (κ1) is 16.0. The van der Waals surface area contributed by atoms with E-state index in [-0.39, 0.29) is 0 Å². The molecule has 2 heteroatoms. The summed E-state index contributed by atoms with van der Waals surface area (Å²) in [6, 6.07) is 0.755. The van der Waals surface area contributed by atoms with E-state index >= 15 is 0 Å². The van der Waals surface area contributed by atoms with Crippen LogP contribution in [0.1, 0.15) is 54.4 Å². The minimum atomic E-state index is 0.453. The number of rotatable bonds is 5. The summed E-state index contributed by atoms with van der Waals surface area (Å²) >= 11 is 0. The van der Waals surface area contributed by atoms with Gasteiger partial charge in [0.25, 0.3) is 0 Å². The summed E-state index contributed by atoms with van der Waals surface area (Å²) in [5.41, 5.74) is 0.453. The van der Waals surface area contributed by atoms with Crippen LogP contribution in [-0.2, 0) is 0 Å². The Kier molecular flexibility index (Phi) is 6.13. The van der Waals surface area contributed by atoms with Crippen LogP contribution in [0.5, 0.6) is 0 Å². The van der Waals surface area contributed by atoms with Crippen LogP contribution < -0.4 is 5.32 Å². The molecule has 0 aromatic rings. The third kappa shape index (κ3) is 5.71. The normalized spacial score (nSPS) is 30.7. The third-order valence-corrected chi connectivity index (χ3v) is 4.35. The van der Waals surface area contributed by atoms with E-state index in [1.54, 1.807) is 0 Å². The van der Waals surface area contributed by atoms with Gasteiger partial charge in [-0.15, -0.1) is 0 Å². The van der Waals surface area contributed by atoms with Gasteiger partial charge in [0.1, 0.15) is 0 Å². The van der Waals surface area contributed by atoms with Gasteiger partial charge in [0.2, 0.25) is 0 Å². The maximum absolute atomic E-state index is 3.60. The summed E-state index contributed by atoms with van der Waals surface area (Å²) in [7, 11) is 0. The number of hydrogen-bond donors (Lipinski definition) is 1. The molecule has 0 aromatic carbocycles. The minimum absolute atomic E-state index is 0.453. The maximum Gasteiger partial charge on any atom is 0.0110 e. The number of likely N-dealkylation sites (tertiary alicyclic amines) is 1. The van der Waals surface area contributed by atoms with E-state index in [0.29, 0.717) is 5.41 Å². The van der Waals surface area contributed by atoms with Crippen molar-refractivity contribution in [2.24, 2.45) is 17.3 Å². The molecule has 2 nitrogen and oxygen atoms in total. The van der Waals surface area contributed by atoms with Crippen molar-refractivity contribution in [1.82, 2.24) is 10.2 Å². The summed E-state index contributed by atoms with van der Waals surface area (Å²) in [5, 5.41) is 3.60. The molecule has 1 fully saturated rings. The van der Waals surface area contributed by atoms with Gasteiger partial charge in [-0.25, -0.2) is 0 Å². The highest BCUT2D eigenvalue weighted by atomic mass is 15.2. The van der Waals surface area contributed by atoms with Gasteiger partial charge in [0.05, 0.1) is 0 Å². The van der Waals surface area contributed by atoms with E-state index in [2.05, 4.69) is 51.8 Å². The predicted octanol–water partition coefficient (Wildman–Crippen LogP) is 3.38. The van der Waals surface area contributed by atoms with Crippen LogP contribution in [0.4, 0.5) is 0 Å². The largest absolute Gasteiger partial charge is 0.315 e. The Morgan fingerprint density at radius 3 is 2.39 bits per heavy atom. The second kappa shape index (κ2) is 6.91. The van der Waals surface area contributed by atoms with Crippen molar-refractivity contribution in [3.05, 3.63) is 0 Å². The monoisotopic (exact) mass is 254 g/mol. The SMILES string of the molecule is CC1CC(C)C(C)N(CCNCCC(C)(C)C)C1. The second-order valence-electron chi connectivity index (χ2n) is 7.61. The number of nitrogens with one attached hydrogen (secondary N) is 1. The van der Waals surface area contributed by atoms with Crippen LogP contribution >= 0.6 is 0 Å². The van der Waals surface area contributed by atoms with Gasteiger partial charge < -0.3 is 5.32 Å². The fraction of sp³-hybridized carbons (Fsp3) is 1.00. The lowest BCUT2D eigenvalue weighted by Gasteiger charge is -2.41. The Morgan fingerprint density at radius 2 is 1.78 bits per heavy atom. The van der Waals surface area contributed by atoms with Gasteiger partial charge >= 0.3 is 0 Å². The van der Waals surface area contributed by atoms with Gasteiger partial charge in [-0.3, -0.25) is 4.90 Å². The van der Waals surface area contributed by atoms with Crippen LogP contribution in [0.15, 0.2) is 0 Å². The number of piperidine rings is 1. The highest BCUT2D eigenvalue weighted by Gasteiger charge is 2.27. The van der Waals surface area contributed by atoms with E-state index in [1.165, 1.54) is 25.9 Å². The van der Waals surface area contributed by atoms with E-state index in [4.69, 9.17) is 0 Å². The summed E-state index contributed by atoms with van der Waals surface area (Å²) < 4.78 is 0. The molecule has 1 saturated heterocycles. The smallest absolute Gasteiger partial charge is 0.0110 e. The lowest BCUT2D eigenvalue weighted by Crippen LogP contribution is -2.48. The third-order valence-electron chi connectivity index (χ3n) is 4.35. The quantitative estimate of drug-likeness (QED) is 0.757. The van der Waals surface area contributed by atoms with Gasteiger partial charge in [-0.05, 0) is 43.6 Å². The highest BCUT2D eigenvalue weighted by molar-refractivity contribution is 4.82. The standard InChI is InChI=1S/C16H34N2/c1-13-11-14(2)15(3)18(12-13)10-9-17-8-7-16(4,5)6/h13-15,17H,7-12H2,1-6H3. The van der Waals surface area contributed by atoms with Crippen molar-refractivity contribution in [2.75, 3.05) is 26.2 Å². The fourth-order valence-electron chi connectivity index (χ4n) is 2.94. The molecule has 18 heavy (non-hydrogen) atoms. The van der Waals surface area contributed by atoms with E-state index in [1.807, 2.05) is 0 Å². The lowest BCUT2D eigenvalue weighted by atomic mass is 9.86. The molecule has 1 heterocycles. The van der Waals surface area contributed by atoms with E-state index in [0.717, 1.165) is 31.0 Å². The van der Waals surface area contributed by atoms with Gasteiger partial charge in [-0.2, -0.15) is 0 Å². The lowest BCUT2D eigenvalue weighted by molar-refractivity contribution is 0.0806.